The van der Waals surface area contributed by atoms with E-state index < -0.39 is 33.9 Å². The molecule has 0 fully saturated rings. The largest absolute Gasteiger partial charge is 0.429 e. The monoisotopic (exact) mass is 283 g/mol. The number of hydrazine groups is 1. The zero-order valence-corrected chi connectivity index (χ0v) is 9.71. The molecule has 2 aromatic rings. The van der Waals surface area contributed by atoms with Crippen LogP contribution in [0, 0.1) is 21.7 Å². The highest BCUT2D eigenvalue weighted by molar-refractivity contribution is 5.48. The molecule has 1 heterocycles. The van der Waals surface area contributed by atoms with E-state index in [9.17, 15) is 18.9 Å². The Morgan fingerprint density at radius 3 is 2.80 bits per heavy atom. The van der Waals surface area contributed by atoms with Gasteiger partial charge in [0.1, 0.15) is 5.82 Å². The van der Waals surface area contributed by atoms with E-state index in [0.29, 0.717) is 0 Å². The van der Waals surface area contributed by atoms with Crippen molar-refractivity contribution >= 4 is 11.6 Å². The molecule has 1 aromatic carbocycles. The summed E-state index contributed by atoms with van der Waals surface area (Å²) in [4.78, 5) is 17.0. The first-order chi connectivity index (χ1) is 9.51. The number of benzene rings is 1. The number of rotatable bonds is 4. The maximum atomic E-state index is 13.4. The van der Waals surface area contributed by atoms with Crippen molar-refractivity contribution in [1.29, 1.82) is 0 Å². The van der Waals surface area contributed by atoms with Gasteiger partial charge in [0.05, 0.1) is 11.1 Å². The summed E-state index contributed by atoms with van der Waals surface area (Å²) in [5.41, 5.74) is 1.52. The summed E-state index contributed by atoms with van der Waals surface area (Å²) < 4.78 is 31.5. The first-order valence-corrected chi connectivity index (χ1v) is 5.12. The Bertz CT molecular complexity index is 667. The number of aromatic nitrogens is 2. The first-order valence-electron chi connectivity index (χ1n) is 5.12. The van der Waals surface area contributed by atoms with E-state index in [-0.39, 0.29) is 5.95 Å². The van der Waals surface area contributed by atoms with Gasteiger partial charge >= 0.3 is 5.69 Å². The van der Waals surface area contributed by atoms with E-state index in [2.05, 4.69) is 15.4 Å². The van der Waals surface area contributed by atoms with Crippen LogP contribution in [-0.4, -0.2) is 14.9 Å². The van der Waals surface area contributed by atoms with Crippen LogP contribution in [-0.2, 0) is 0 Å². The van der Waals surface area contributed by atoms with Crippen LogP contribution in [0.5, 0.6) is 11.6 Å². The Kier molecular flexibility index (Phi) is 3.66. The standard InChI is InChI=1S/C10H7F2N5O3/c11-5-1-2-7(17(18)19)8(3-5)20-9-6(12)4-14-10(15-9)16-13/h1-4H,13H2,(H,14,15,16). The van der Waals surface area contributed by atoms with Gasteiger partial charge in [0, 0.05) is 12.1 Å². The van der Waals surface area contributed by atoms with Crippen LogP contribution < -0.4 is 16.0 Å². The lowest BCUT2D eigenvalue weighted by atomic mass is 10.3. The smallest absolute Gasteiger partial charge is 0.311 e. The average molecular weight is 283 g/mol. The van der Waals surface area contributed by atoms with Crippen molar-refractivity contribution in [2.24, 2.45) is 5.84 Å². The summed E-state index contributed by atoms with van der Waals surface area (Å²) in [5, 5.41) is 10.8. The number of hydrogen-bond acceptors (Lipinski definition) is 7. The molecular formula is C10H7F2N5O3. The third kappa shape index (κ3) is 2.75. The van der Waals surface area contributed by atoms with Gasteiger partial charge in [-0.1, -0.05) is 0 Å². The van der Waals surface area contributed by atoms with Gasteiger partial charge in [0.15, 0.2) is 0 Å². The second kappa shape index (κ2) is 5.40. The molecule has 10 heteroatoms. The lowest BCUT2D eigenvalue weighted by molar-refractivity contribution is -0.385. The van der Waals surface area contributed by atoms with Crippen LogP contribution in [0.3, 0.4) is 0 Å². The number of nitro groups is 1. The third-order valence-electron chi connectivity index (χ3n) is 2.17. The van der Waals surface area contributed by atoms with Gasteiger partial charge < -0.3 is 4.74 Å². The molecule has 0 unspecified atom stereocenters. The molecule has 2 rings (SSSR count). The van der Waals surface area contributed by atoms with Crippen LogP contribution in [0.2, 0.25) is 0 Å². The highest BCUT2D eigenvalue weighted by Gasteiger charge is 2.19. The second-order valence-electron chi connectivity index (χ2n) is 3.46. The fourth-order valence-corrected chi connectivity index (χ4v) is 1.32. The number of nitrogens with two attached hydrogens (primary N) is 1. The topological polar surface area (TPSA) is 116 Å². The Balaban J connectivity index is 2.43. The predicted molar refractivity (Wildman–Crippen MR) is 62.9 cm³/mol. The van der Waals surface area contributed by atoms with Gasteiger partial charge in [-0.15, -0.1) is 0 Å². The van der Waals surface area contributed by atoms with E-state index in [1.165, 1.54) is 0 Å². The van der Waals surface area contributed by atoms with Crippen molar-refractivity contribution in [3.8, 4) is 11.6 Å². The van der Waals surface area contributed by atoms with Crippen molar-refractivity contribution < 1.29 is 18.4 Å². The number of nitrogen functional groups attached to an aromatic ring is 1. The summed E-state index contributed by atoms with van der Waals surface area (Å²) in [7, 11) is 0. The zero-order chi connectivity index (χ0) is 14.7. The molecule has 0 aliphatic carbocycles. The second-order valence-corrected chi connectivity index (χ2v) is 3.46. The van der Waals surface area contributed by atoms with Gasteiger partial charge in [-0.3, -0.25) is 15.5 Å². The fourth-order valence-electron chi connectivity index (χ4n) is 1.32. The highest BCUT2D eigenvalue weighted by Crippen LogP contribution is 2.32. The van der Waals surface area contributed by atoms with Crippen LogP contribution in [0.15, 0.2) is 24.4 Å². The molecule has 3 N–H and O–H groups in total. The zero-order valence-electron chi connectivity index (χ0n) is 9.71. The molecule has 8 nitrogen and oxygen atoms in total. The quantitative estimate of drug-likeness (QED) is 0.498. The summed E-state index contributed by atoms with van der Waals surface area (Å²) in [6, 6.07) is 2.52. The molecule has 0 aliphatic heterocycles. The number of nitrogens with zero attached hydrogens (tertiary/aromatic N) is 3. The molecule has 0 saturated carbocycles. The Hall–Kier alpha value is -2.88. The first kappa shape index (κ1) is 13.5. The molecular weight excluding hydrogens is 276 g/mol. The summed E-state index contributed by atoms with van der Waals surface area (Å²) in [5.74, 6) is 2.00. The summed E-state index contributed by atoms with van der Waals surface area (Å²) in [6.45, 7) is 0. The Labute approximate surface area is 110 Å². The van der Waals surface area contributed by atoms with Crippen LogP contribution in [0.4, 0.5) is 20.4 Å². The van der Waals surface area contributed by atoms with Gasteiger partial charge in [-0.05, 0) is 6.07 Å². The van der Waals surface area contributed by atoms with Crippen molar-refractivity contribution in [1.82, 2.24) is 9.97 Å². The van der Waals surface area contributed by atoms with Crippen molar-refractivity contribution in [2.45, 2.75) is 0 Å². The fraction of sp³-hybridized carbons (Fsp3) is 0. The maximum Gasteiger partial charge on any atom is 0.311 e. The number of halogens is 2. The molecule has 0 atom stereocenters. The van der Waals surface area contributed by atoms with E-state index in [4.69, 9.17) is 10.6 Å². The Morgan fingerprint density at radius 2 is 2.15 bits per heavy atom. The minimum absolute atomic E-state index is 0.166. The number of hydrogen-bond donors (Lipinski definition) is 2. The lowest BCUT2D eigenvalue weighted by Crippen LogP contribution is -2.11. The van der Waals surface area contributed by atoms with Gasteiger partial charge in [0.25, 0.3) is 5.88 Å². The average Bonchev–Trinajstić information content (AvgIpc) is 2.41. The number of nitrogens with one attached hydrogen (secondary N) is 1. The number of anilines is 1. The van der Waals surface area contributed by atoms with Crippen LogP contribution in [0.25, 0.3) is 0 Å². The van der Waals surface area contributed by atoms with E-state index in [1.807, 2.05) is 0 Å². The Morgan fingerprint density at radius 1 is 1.40 bits per heavy atom. The minimum Gasteiger partial charge on any atom is -0.429 e. The SMILES string of the molecule is NNc1ncc(F)c(Oc2cc(F)ccc2[N+](=O)[O-])n1. The number of ether oxygens (including phenoxy) is 1. The lowest BCUT2D eigenvalue weighted by Gasteiger charge is -2.07. The van der Waals surface area contributed by atoms with Crippen molar-refractivity contribution in [3.05, 3.63) is 46.1 Å². The van der Waals surface area contributed by atoms with E-state index in [0.717, 1.165) is 24.4 Å². The molecule has 0 radical (unpaired) electrons. The minimum atomic E-state index is -0.984. The van der Waals surface area contributed by atoms with Crippen molar-refractivity contribution in [3.63, 3.8) is 0 Å². The molecule has 0 saturated heterocycles. The van der Waals surface area contributed by atoms with Gasteiger partial charge in [-0.25, -0.2) is 15.2 Å². The molecule has 0 aliphatic rings. The molecule has 0 spiro atoms. The van der Waals surface area contributed by atoms with Gasteiger partial charge in [-0.2, -0.15) is 9.37 Å². The molecule has 1 aromatic heterocycles. The molecule has 0 amide bonds. The molecule has 104 valence electrons. The van der Waals surface area contributed by atoms with Crippen LogP contribution >= 0.6 is 0 Å². The van der Waals surface area contributed by atoms with Gasteiger partial charge in [0.2, 0.25) is 17.5 Å². The van der Waals surface area contributed by atoms with E-state index in [1.54, 1.807) is 0 Å². The maximum absolute atomic E-state index is 13.4. The van der Waals surface area contributed by atoms with Crippen LogP contribution in [0.1, 0.15) is 0 Å². The number of nitro benzene ring substituents is 1. The predicted octanol–water partition coefficient (Wildman–Crippen LogP) is 1.74. The summed E-state index contributed by atoms with van der Waals surface area (Å²) >= 11 is 0. The van der Waals surface area contributed by atoms with Crippen molar-refractivity contribution in [2.75, 3.05) is 5.43 Å². The summed E-state index contributed by atoms with van der Waals surface area (Å²) in [6.07, 6.45) is 0.753. The highest BCUT2D eigenvalue weighted by atomic mass is 19.1. The third-order valence-corrected chi connectivity index (χ3v) is 2.17. The molecule has 20 heavy (non-hydrogen) atoms. The normalized spacial score (nSPS) is 10.2. The molecule has 0 bridgehead atoms. The van der Waals surface area contributed by atoms with E-state index >= 15 is 0 Å².